The fraction of sp³-hybridized carbons (Fsp3) is 0.217. The number of rotatable bonds is 4. The van der Waals surface area contributed by atoms with Gasteiger partial charge in [-0.1, -0.05) is 23.2 Å². The van der Waals surface area contributed by atoms with E-state index in [1.165, 1.54) is 54.5 Å². The van der Waals surface area contributed by atoms with Gasteiger partial charge in [0.1, 0.15) is 11.0 Å². The topological polar surface area (TPSA) is 190 Å². The van der Waals surface area contributed by atoms with E-state index in [9.17, 15) is 26.4 Å². The lowest BCUT2D eigenvalue weighted by Gasteiger charge is -2.04. The standard InChI is InChI=1S/C12H12ClN3O3S.C6H8N2O2S.C5H4BrClN2O/c1-16-12(17)8(6-11(13)15-16)5-9-3-4-10(7-14-9)20(2,18)19;1-11(9,10)5-2-3-6(7)8-4-5;1-9-5(10)3(6)2-4(7)8-9/h3-4,6-7H,5H2,1-2H3;2-4H,1H3,(H2,7,8);2H,1H3. The smallest absolute Gasteiger partial charge is 0.280 e. The van der Waals surface area contributed by atoms with Crippen LogP contribution in [-0.4, -0.2) is 58.9 Å². The normalized spacial score (nSPS) is 11.1. The third-order valence-electron chi connectivity index (χ3n) is 4.88. The van der Waals surface area contributed by atoms with Gasteiger partial charge in [-0.25, -0.2) is 31.2 Å². The molecule has 0 bridgehead atoms. The summed E-state index contributed by atoms with van der Waals surface area (Å²) in [5, 5.41) is 7.98. The third kappa shape index (κ3) is 10.6. The molecule has 4 aromatic heterocycles. The van der Waals surface area contributed by atoms with E-state index in [1.807, 2.05) is 0 Å². The zero-order chi connectivity index (χ0) is 31.1. The van der Waals surface area contributed by atoms with E-state index < -0.39 is 19.7 Å². The van der Waals surface area contributed by atoms with Gasteiger partial charge in [-0.3, -0.25) is 14.6 Å². The summed E-state index contributed by atoms with van der Waals surface area (Å²) in [5.74, 6) is 0.317. The monoisotopic (exact) mass is 707 g/mol. The van der Waals surface area contributed by atoms with Crippen molar-refractivity contribution in [2.24, 2.45) is 14.1 Å². The molecule has 0 radical (unpaired) electrons. The van der Waals surface area contributed by atoms with Gasteiger partial charge in [0.15, 0.2) is 24.8 Å². The Bertz CT molecular complexity index is 1840. The molecule has 0 atom stereocenters. The molecule has 0 fully saturated rings. The van der Waals surface area contributed by atoms with Crippen molar-refractivity contribution in [3.63, 3.8) is 0 Å². The zero-order valence-electron chi connectivity index (χ0n) is 22.0. The molecule has 2 N–H and O–H groups in total. The summed E-state index contributed by atoms with van der Waals surface area (Å²) >= 11 is 14.4. The molecular formula is C23H24BrCl2N7O6S2. The molecule has 18 heteroatoms. The highest BCUT2D eigenvalue weighted by Crippen LogP contribution is 2.12. The Morgan fingerprint density at radius 2 is 1.29 bits per heavy atom. The SMILES string of the molecule is CS(=O)(=O)c1ccc(N)nc1.Cn1nc(Cl)cc(Br)c1=O.Cn1nc(Cl)cc(Cc2ccc(S(C)(=O)=O)cn2)c1=O. The Morgan fingerprint density at radius 1 is 0.805 bits per heavy atom. The van der Waals surface area contributed by atoms with Crippen molar-refractivity contribution < 1.29 is 16.8 Å². The minimum atomic E-state index is -3.27. The summed E-state index contributed by atoms with van der Waals surface area (Å²) in [6, 6.07) is 8.86. The number of aryl methyl sites for hydroxylation is 2. The molecule has 220 valence electrons. The van der Waals surface area contributed by atoms with E-state index in [-0.39, 0.29) is 32.5 Å². The van der Waals surface area contributed by atoms with Crippen LogP contribution in [0, 0.1) is 0 Å². The molecular weight excluding hydrogens is 685 g/mol. The van der Waals surface area contributed by atoms with Gasteiger partial charge in [0.05, 0.1) is 14.3 Å². The average molecular weight is 709 g/mol. The number of nitrogens with zero attached hydrogens (tertiary/aromatic N) is 6. The van der Waals surface area contributed by atoms with Crippen molar-refractivity contribution in [1.82, 2.24) is 29.5 Å². The third-order valence-corrected chi connectivity index (χ3v) is 8.01. The molecule has 0 aromatic carbocycles. The highest BCUT2D eigenvalue weighted by molar-refractivity contribution is 9.10. The van der Waals surface area contributed by atoms with Gasteiger partial charge < -0.3 is 5.73 Å². The number of aromatic nitrogens is 6. The van der Waals surface area contributed by atoms with Gasteiger partial charge in [0, 0.05) is 56.7 Å². The summed E-state index contributed by atoms with van der Waals surface area (Å²) in [7, 11) is -3.36. The lowest BCUT2D eigenvalue weighted by molar-refractivity contribution is 0.599. The second kappa shape index (κ2) is 14.1. The van der Waals surface area contributed by atoms with Crippen molar-refractivity contribution >= 4 is 64.6 Å². The summed E-state index contributed by atoms with van der Waals surface area (Å²) in [6.45, 7) is 0. The zero-order valence-corrected chi connectivity index (χ0v) is 26.7. The average Bonchev–Trinajstić information content (AvgIpc) is 2.86. The van der Waals surface area contributed by atoms with Crippen molar-refractivity contribution in [3.05, 3.63) is 95.5 Å². The maximum Gasteiger partial charge on any atom is 0.280 e. The fourth-order valence-corrected chi connectivity index (χ4v) is 5.03. The number of nitrogen functional groups attached to an aromatic ring is 1. The van der Waals surface area contributed by atoms with E-state index >= 15 is 0 Å². The molecule has 0 saturated carbocycles. The molecule has 0 spiro atoms. The minimum absolute atomic E-state index is 0.141. The lowest BCUT2D eigenvalue weighted by Crippen LogP contribution is -2.23. The number of sulfone groups is 2. The number of halogens is 3. The Kier molecular flexibility index (Phi) is 11.7. The largest absolute Gasteiger partial charge is 0.384 e. The van der Waals surface area contributed by atoms with Crippen molar-refractivity contribution in [3.8, 4) is 0 Å². The Labute approximate surface area is 254 Å². The minimum Gasteiger partial charge on any atom is -0.384 e. The summed E-state index contributed by atoms with van der Waals surface area (Å²) in [6.07, 6.45) is 5.02. The maximum atomic E-state index is 11.9. The Morgan fingerprint density at radius 3 is 1.73 bits per heavy atom. The van der Waals surface area contributed by atoms with Gasteiger partial charge in [0.25, 0.3) is 11.1 Å². The summed E-state index contributed by atoms with van der Waals surface area (Å²) in [4.78, 5) is 30.8. The molecule has 0 aliphatic heterocycles. The maximum absolute atomic E-state index is 11.9. The molecule has 13 nitrogen and oxygen atoms in total. The Balaban J connectivity index is 0.000000236. The number of hydrogen-bond acceptors (Lipinski definition) is 11. The second-order valence-electron chi connectivity index (χ2n) is 8.29. The highest BCUT2D eigenvalue weighted by Gasteiger charge is 2.10. The molecule has 0 aliphatic carbocycles. The van der Waals surface area contributed by atoms with Crippen molar-refractivity contribution in [2.75, 3.05) is 18.2 Å². The first kappa shape index (κ1) is 34.0. The van der Waals surface area contributed by atoms with Crippen LogP contribution in [0.1, 0.15) is 11.3 Å². The predicted octanol–water partition coefficient (Wildman–Crippen LogP) is 2.09. The lowest BCUT2D eigenvalue weighted by atomic mass is 10.1. The van der Waals surface area contributed by atoms with E-state index in [1.54, 1.807) is 13.1 Å². The second-order valence-corrected chi connectivity index (χ2v) is 14.0. The van der Waals surface area contributed by atoms with Crippen LogP contribution in [0.2, 0.25) is 10.3 Å². The molecule has 4 aromatic rings. The van der Waals surface area contributed by atoms with E-state index in [4.69, 9.17) is 28.9 Å². The number of pyridine rings is 2. The van der Waals surface area contributed by atoms with Gasteiger partial charge in [-0.05, 0) is 52.3 Å². The van der Waals surface area contributed by atoms with E-state index in [0.29, 0.717) is 26.7 Å². The Hall–Kier alpha value is -3.18. The molecule has 4 heterocycles. The summed E-state index contributed by atoms with van der Waals surface area (Å²) in [5.41, 5.74) is 5.84. The van der Waals surface area contributed by atoms with Gasteiger partial charge in [-0.2, -0.15) is 10.2 Å². The van der Waals surface area contributed by atoms with Crippen molar-refractivity contribution in [1.29, 1.82) is 0 Å². The van der Waals surface area contributed by atoms with Gasteiger partial charge in [-0.15, -0.1) is 0 Å². The fourth-order valence-electron chi connectivity index (χ4n) is 2.84. The molecule has 0 aliphatic rings. The van der Waals surface area contributed by atoms with Crippen LogP contribution in [-0.2, 0) is 40.2 Å². The van der Waals surface area contributed by atoms with E-state index in [2.05, 4.69) is 36.1 Å². The molecule has 4 rings (SSSR count). The number of anilines is 1. The van der Waals surface area contributed by atoms with Gasteiger partial charge >= 0.3 is 0 Å². The first-order chi connectivity index (χ1) is 18.9. The number of nitrogens with two attached hydrogens (primary N) is 1. The van der Waals surface area contributed by atoms with Crippen LogP contribution in [0.4, 0.5) is 5.82 Å². The predicted molar refractivity (Wildman–Crippen MR) is 159 cm³/mol. The van der Waals surface area contributed by atoms with Crippen LogP contribution < -0.4 is 16.9 Å². The van der Waals surface area contributed by atoms with Crippen LogP contribution in [0.3, 0.4) is 0 Å². The van der Waals surface area contributed by atoms with Gasteiger partial charge in [0.2, 0.25) is 0 Å². The first-order valence-corrected chi connectivity index (χ1v) is 16.4. The first-order valence-electron chi connectivity index (χ1n) is 11.1. The van der Waals surface area contributed by atoms with Crippen LogP contribution in [0.15, 0.2) is 72.6 Å². The highest BCUT2D eigenvalue weighted by atomic mass is 79.9. The van der Waals surface area contributed by atoms with Crippen molar-refractivity contribution in [2.45, 2.75) is 16.2 Å². The molecule has 0 saturated heterocycles. The summed E-state index contributed by atoms with van der Waals surface area (Å²) < 4.78 is 47.1. The molecule has 0 amide bonds. The number of hydrogen-bond donors (Lipinski definition) is 1. The van der Waals surface area contributed by atoms with Crippen LogP contribution in [0.25, 0.3) is 0 Å². The van der Waals surface area contributed by atoms with Crippen LogP contribution in [0.5, 0.6) is 0 Å². The quantitative estimate of drug-likeness (QED) is 0.327. The van der Waals surface area contributed by atoms with E-state index in [0.717, 1.165) is 17.2 Å². The molecule has 41 heavy (non-hydrogen) atoms. The van der Waals surface area contributed by atoms with Crippen LogP contribution >= 0.6 is 39.1 Å². The molecule has 0 unspecified atom stereocenters.